The monoisotopic (exact) mass is 387 g/mol. The lowest BCUT2D eigenvalue weighted by molar-refractivity contribution is -0.116. The highest BCUT2D eigenvalue weighted by Crippen LogP contribution is 2.24. The van der Waals surface area contributed by atoms with Crippen LogP contribution in [0.3, 0.4) is 0 Å². The molecule has 0 atom stereocenters. The van der Waals surface area contributed by atoms with Gasteiger partial charge in [-0.2, -0.15) is 4.98 Å². The van der Waals surface area contributed by atoms with Gasteiger partial charge in [-0.25, -0.2) is 4.98 Å². The molecule has 2 aromatic carbocycles. The maximum Gasteiger partial charge on any atom is 0.258 e. The minimum Gasteiger partial charge on any atom is -0.334 e. The second-order valence-electron chi connectivity index (χ2n) is 6.98. The van der Waals surface area contributed by atoms with E-state index >= 15 is 0 Å². The Morgan fingerprint density at radius 2 is 1.76 bits per heavy atom. The summed E-state index contributed by atoms with van der Waals surface area (Å²) in [7, 11) is 0. The van der Waals surface area contributed by atoms with Gasteiger partial charge in [0.05, 0.1) is 6.33 Å². The van der Waals surface area contributed by atoms with Crippen LogP contribution in [-0.2, 0) is 11.3 Å². The molecule has 0 fully saturated rings. The third kappa shape index (κ3) is 3.94. The number of anilines is 1. The third-order valence-corrected chi connectivity index (χ3v) is 4.74. The van der Waals surface area contributed by atoms with Crippen LogP contribution in [0.4, 0.5) is 5.69 Å². The van der Waals surface area contributed by atoms with E-state index in [1.807, 2.05) is 63.2 Å². The molecule has 1 N–H and O–H groups in total. The van der Waals surface area contributed by atoms with Crippen molar-refractivity contribution < 1.29 is 9.32 Å². The molecule has 2 aromatic heterocycles. The molecule has 0 spiro atoms. The number of nitrogens with zero attached hydrogens (tertiary/aromatic N) is 4. The highest BCUT2D eigenvalue weighted by Gasteiger charge is 2.15. The van der Waals surface area contributed by atoms with E-state index in [1.54, 1.807) is 17.1 Å². The van der Waals surface area contributed by atoms with Crippen molar-refractivity contribution in [3.63, 3.8) is 0 Å². The maximum absolute atomic E-state index is 12.4. The summed E-state index contributed by atoms with van der Waals surface area (Å²) < 4.78 is 7.09. The second-order valence-corrected chi connectivity index (χ2v) is 6.98. The van der Waals surface area contributed by atoms with Gasteiger partial charge >= 0.3 is 0 Å². The number of hydrogen-bond acceptors (Lipinski definition) is 5. The Balaban J connectivity index is 1.48. The first kappa shape index (κ1) is 18.6. The summed E-state index contributed by atoms with van der Waals surface area (Å²) in [5, 5.41) is 7.00. The van der Waals surface area contributed by atoms with Crippen LogP contribution in [0.15, 0.2) is 59.5 Å². The SMILES string of the molecule is Cc1ccccc1-c1nc(-c2cn(CC(=O)Nc3c(C)cccc3C)cn2)no1. The van der Waals surface area contributed by atoms with Crippen molar-refractivity contribution in [1.82, 2.24) is 19.7 Å². The minimum atomic E-state index is -0.125. The molecule has 0 aliphatic rings. The van der Waals surface area contributed by atoms with Gasteiger partial charge in [-0.05, 0) is 43.5 Å². The van der Waals surface area contributed by atoms with E-state index < -0.39 is 0 Å². The zero-order chi connectivity index (χ0) is 20.4. The van der Waals surface area contributed by atoms with E-state index in [4.69, 9.17) is 4.52 Å². The first-order valence-corrected chi connectivity index (χ1v) is 9.29. The summed E-state index contributed by atoms with van der Waals surface area (Å²) >= 11 is 0. The smallest absolute Gasteiger partial charge is 0.258 e. The number of imidazole rings is 1. The molecule has 1 amide bonds. The highest BCUT2D eigenvalue weighted by molar-refractivity contribution is 5.92. The number of amides is 1. The van der Waals surface area contributed by atoms with Crippen molar-refractivity contribution in [3.05, 3.63) is 71.7 Å². The van der Waals surface area contributed by atoms with Crippen molar-refractivity contribution in [1.29, 1.82) is 0 Å². The molecule has 0 saturated carbocycles. The van der Waals surface area contributed by atoms with Crippen molar-refractivity contribution in [2.45, 2.75) is 27.3 Å². The Hall–Kier alpha value is -3.74. The predicted octanol–water partition coefficient (Wildman–Crippen LogP) is 4.16. The molecule has 4 rings (SSSR count). The van der Waals surface area contributed by atoms with Crippen LogP contribution in [0.2, 0.25) is 0 Å². The molecular formula is C22H21N5O2. The molecule has 7 heteroatoms. The first-order chi connectivity index (χ1) is 14.0. The number of carbonyl (C=O) groups excluding carboxylic acids is 1. The summed E-state index contributed by atoms with van der Waals surface area (Å²) in [5.41, 5.74) is 5.39. The van der Waals surface area contributed by atoms with Gasteiger partial charge in [-0.3, -0.25) is 4.79 Å². The Morgan fingerprint density at radius 3 is 2.52 bits per heavy atom. The normalized spacial score (nSPS) is 10.9. The van der Waals surface area contributed by atoms with Crippen LogP contribution in [0.1, 0.15) is 16.7 Å². The van der Waals surface area contributed by atoms with Crippen LogP contribution in [-0.4, -0.2) is 25.6 Å². The van der Waals surface area contributed by atoms with E-state index in [0.29, 0.717) is 17.4 Å². The molecule has 0 radical (unpaired) electrons. The van der Waals surface area contributed by atoms with Crippen LogP contribution >= 0.6 is 0 Å². The average molecular weight is 387 g/mol. The minimum absolute atomic E-state index is 0.125. The number of carbonyl (C=O) groups is 1. The van der Waals surface area contributed by atoms with Crippen LogP contribution in [0, 0.1) is 20.8 Å². The van der Waals surface area contributed by atoms with E-state index in [-0.39, 0.29) is 12.5 Å². The number of hydrogen-bond donors (Lipinski definition) is 1. The molecular weight excluding hydrogens is 366 g/mol. The standard InChI is InChI=1S/C22H21N5O2/c1-14-7-4-5-10-17(14)22-25-21(26-29-22)18-11-27(13-23-18)12-19(28)24-20-15(2)8-6-9-16(20)3/h4-11,13H,12H2,1-3H3,(H,24,28). The van der Waals surface area contributed by atoms with E-state index in [1.165, 1.54) is 0 Å². The van der Waals surface area contributed by atoms with Gasteiger partial charge in [0.15, 0.2) is 0 Å². The lowest BCUT2D eigenvalue weighted by Crippen LogP contribution is -2.19. The molecule has 7 nitrogen and oxygen atoms in total. The average Bonchev–Trinajstić information content (AvgIpc) is 3.35. The van der Waals surface area contributed by atoms with Gasteiger partial charge in [0.25, 0.3) is 5.89 Å². The van der Waals surface area contributed by atoms with E-state index in [0.717, 1.165) is 27.9 Å². The summed E-state index contributed by atoms with van der Waals surface area (Å²) in [6, 6.07) is 13.7. The van der Waals surface area contributed by atoms with Gasteiger partial charge in [0.2, 0.25) is 11.7 Å². The molecule has 2 heterocycles. The number of aromatic nitrogens is 4. The van der Waals surface area contributed by atoms with Crippen molar-refractivity contribution >= 4 is 11.6 Å². The topological polar surface area (TPSA) is 85.8 Å². The quantitative estimate of drug-likeness (QED) is 0.556. The fraction of sp³-hybridized carbons (Fsp3) is 0.182. The first-order valence-electron chi connectivity index (χ1n) is 9.29. The van der Waals surface area contributed by atoms with Crippen LogP contribution in [0.5, 0.6) is 0 Å². The molecule has 0 aliphatic heterocycles. The molecule has 0 unspecified atom stereocenters. The number of benzene rings is 2. The number of rotatable bonds is 5. The molecule has 0 aliphatic carbocycles. The number of para-hydroxylation sites is 1. The number of nitrogens with one attached hydrogen (secondary N) is 1. The second kappa shape index (κ2) is 7.71. The fourth-order valence-corrected chi connectivity index (χ4v) is 3.17. The Kier molecular flexibility index (Phi) is 4.95. The Morgan fingerprint density at radius 1 is 1.03 bits per heavy atom. The summed E-state index contributed by atoms with van der Waals surface area (Å²) in [6.07, 6.45) is 3.32. The van der Waals surface area contributed by atoms with Crippen LogP contribution in [0.25, 0.3) is 23.0 Å². The predicted molar refractivity (Wildman–Crippen MR) is 110 cm³/mol. The van der Waals surface area contributed by atoms with Crippen LogP contribution < -0.4 is 5.32 Å². The molecule has 146 valence electrons. The van der Waals surface area contributed by atoms with Gasteiger partial charge < -0.3 is 14.4 Å². The highest BCUT2D eigenvalue weighted by atomic mass is 16.5. The molecule has 0 bridgehead atoms. The molecule has 4 aromatic rings. The van der Waals surface area contributed by atoms with Gasteiger partial charge in [0.1, 0.15) is 12.2 Å². The van der Waals surface area contributed by atoms with Crippen molar-refractivity contribution in [2.75, 3.05) is 5.32 Å². The molecule has 0 saturated heterocycles. The zero-order valence-corrected chi connectivity index (χ0v) is 16.5. The third-order valence-electron chi connectivity index (χ3n) is 4.74. The van der Waals surface area contributed by atoms with Gasteiger partial charge in [-0.1, -0.05) is 41.6 Å². The summed E-state index contributed by atoms with van der Waals surface area (Å²) in [5.74, 6) is 0.706. The van der Waals surface area contributed by atoms with E-state index in [9.17, 15) is 4.79 Å². The van der Waals surface area contributed by atoms with Crippen molar-refractivity contribution in [2.24, 2.45) is 0 Å². The molecule has 29 heavy (non-hydrogen) atoms. The lowest BCUT2D eigenvalue weighted by atomic mass is 10.1. The summed E-state index contributed by atoms with van der Waals surface area (Å²) in [4.78, 5) is 21.2. The van der Waals surface area contributed by atoms with Gasteiger partial charge in [0, 0.05) is 17.4 Å². The Labute approximate surface area is 168 Å². The lowest BCUT2D eigenvalue weighted by Gasteiger charge is -2.11. The Bertz CT molecular complexity index is 1160. The number of aryl methyl sites for hydroxylation is 3. The van der Waals surface area contributed by atoms with Gasteiger partial charge in [-0.15, -0.1) is 0 Å². The van der Waals surface area contributed by atoms with Crippen molar-refractivity contribution in [3.8, 4) is 23.0 Å². The zero-order valence-electron chi connectivity index (χ0n) is 16.5. The maximum atomic E-state index is 12.4. The van der Waals surface area contributed by atoms with E-state index in [2.05, 4.69) is 20.4 Å². The summed E-state index contributed by atoms with van der Waals surface area (Å²) in [6.45, 7) is 6.08. The largest absolute Gasteiger partial charge is 0.334 e. The fourth-order valence-electron chi connectivity index (χ4n) is 3.17.